The molecule has 0 rings (SSSR count). The summed E-state index contributed by atoms with van der Waals surface area (Å²) in [5.41, 5.74) is 0. The van der Waals surface area contributed by atoms with Gasteiger partial charge in [-0.1, -0.05) is 33.6 Å². The normalized spacial score (nSPS) is 12.0. The molecule has 0 aliphatic carbocycles. The quantitative estimate of drug-likeness (QED) is 0.669. The predicted octanol–water partition coefficient (Wildman–Crippen LogP) is 1.60. The molecule has 5 heteroatoms. The molecule has 0 aromatic rings. The Labute approximate surface area is 92.9 Å². The van der Waals surface area contributed by atoms with Gasteiger partial charge in [0.2, 0.25) is 10.0 Å². The number of nitriles is 1. The summed E-state index contributed by atoms with van der Waals surface area (Å²) in [7, 11) is -3.37. The van der Waals surface area contributed by atoms with E-state index in [1.165, 1.54) is 4.31 Å². The highest BCUT2D eigenvalue weighted by Gasteiger charge is 2.22. The first-order valence-electron chi connectivity index (χ1n) is 5.36. The Kier molecular flexibility index (Phi) is 6.53. The van der Waals surface area contributed by atoms with Gasteiger partial charge in [0, 0.05) is 13.1 Å². The number of rotatable bonds is 7. The van der Waals surface area contributed by atoms with Crippen LogP contribution in [0.5, 0.6) is 0 Å². The average molecular weight is 232 g/mol. The van der Waals surface area contributed by atoms with Crippen molar-refractivity contribution >= 4 is 10.0 Å². The van der Waals surface area contributed by atoms with Crippen molar-refractivity contribution in [1.29, 1.82) is 5.26 Å². The van der Waals surface area contributed by atoms with Gasteiger partial charge in [0.15, 0.2) is 5.75 Å². The van der Waals surface area contributed by atoms with Crippen molar-refractivity contribution < 1.29 is 8.42 Å². The fourth-order valence-electron chi connectivity index (χ4n) is 1.45. The van der Waals surface area contributed by atoms with E-state index in [2.05, 4.69) is 13.8 Å². The van der Waals surface area contributed by atoms with E-state index in [0.717, 1.165) is 12.8 Å². The number of hydrogen-bond donors (Lipinski definition) is 0. The van der Waals surface area contributed by atoms with Gasteiger partial charge in [-0.3, -0.25) is 0 Å². The maximum atomic E-state index is 11.6. The summed E-state index contributed by atoms with van der Waals surface area (Å²) >= 11 is 0. The first-order valence-corrected chi connectivity index (χ1v) is 6.97. The van der Waals surface area contributed by atoms with E-state index in [1.54, 1.807) is 13.0 Å². The molecule has 4 nitrogen and oxygen atoms in total. The standard InChI is InChI=1S/C10H20N2O2S/c1-4-10(5-2)9-12(6-3)15(13,14)8-7-11/h10H,4-6,8-9H2,1-3H3. The van der Waals surface area contributed by atoms with Crippen LogP contribution >= 0.6 is 0 Å². The van der Waals surface area contributed by atoms with Crippen LogP contribution in [-0.4, -0.2) is 31.6 Å². The second kappa shape index (κ2) is 6.81. The summed E-state index contributed by atoms with van der Waals surface area (Å²) in [5.74, 6) is -0.0283. The molecule has 0 aromatic carbocycles. The predicted molar refractivity (Wildman–Crippen MR) is 60.7 cm³/mol. The molecular formula is C10H20N2O2S. The van der Waals surface area contributed by atoms with E-state index < -0.39 is 15.8 Å². The van der Waals surface area contributed by atoms with E-state index in [4.69, 9.17) is 5.26 Å². The molecule has 0 saturated heterocycles. The largest absolute Gasteiger partial charge is 0.227 e. The highest BCUT2D eigenvalue weighted by Crippen LogP contribution is 2.12. The van der Waals surface area contributed by atoms with Crippen molar-refractivity contribution in [2.75, 3.05) is 18.8 Å². The molecule has 0 heterocycles. The molecule has 0 unspecified atom stereocenters. The molecule has 0 aromatic heterocycles. The van der Waals surface area contributed by atoms with Gasteiger partial charge in [0.25, 0.3) is 0 Å². The van der Waals surface area contributed by atoms with E-state index in [1.807, 2.05) is 0 Å². The Hall–Kier alpha value is -0.600. The van der Waals surface area contributed by atoms with E-state index in [9.17, 15) is 8.42 Å². The Balaban J connectivity index is 4.57. The van der Waals surface area contributed by atoms with Crippen molar-refractivity contribution in [3.05, 3.63) is 0 Å². The van der Waals surface area contributed by atoms with Crippen LogP contribution in [0, 0.1) is 17.2 Å². The number of sulfonamides is 1. The average Bonchev–Trinajstić information content (AvgIpc) is 2.19. The van der Waals surface area contributed by atoms with Gasteiger partial charge in [-0.05, 0) is 5.92 Å². The Morgan fingerprint density at radius 1 is 1.27 bits per heavy atom. The van der Waals surface area contributed by atoms with Crippen LogP contribution in [-0.2, 0) is 10.0 Å². The van der Waals surface area contributed by atoms with Crippen LogP contribution in [0.25, 0.3) is 0 Å². The number of nitrogens with zero attached hydrogens (tertiary/aromatic N) is 2. The van der Waals surface area contributed by atoms with Crippen molar-refractivity contribution in [3.8, 4) is 6.07 Å². The fourth-order valence-corrected chi connectivity index (χ4v) is 2.62. The number of hydrogen-bond acceptors (Lipinski definition) is 3. The molecule has 0 spiro atoms. The maximum Gasteiger partial charge on any atom is 0.227 e. The second-order valence-corrected chi connectivity index (χ2v) is 5.52. The lowest BCUT2D eigenvalue weighted by molar-refractivity contribution is 0.340. The van der Waals surface area contributed by atoms with Crippen molar-refractivity contribution in [1.82, 2.24) is 4.31 Å². The summed E-state index contributed by atoms with van der Waals surface area (Å²) < 4.78 is 24.7. The zero-order chi connectivity index (χ0) is 11.9. The summed E-state index contributed by atoms with van der Waals surface area (Å²) in [6.07, 6.45) is 1.93. The molecule has 88 valence electrons. The molecule has 0 N–H and O–H groups in total. The van der Waals surface area contributed by atoms with Gasteiger partial charge < -0.3 is 0 Å². The van der Waals surface area contributed by atoms with Gasteiger partial charge >= 0.3 is 0 Å². The maximum absolute atomic E-state index is 11.6. The van der Waals surface area contributed by atoms with Crippen molar-refractivity contribution in [3.63, 3.8) is 0 Å². The summed E-state index contributed by atoms with van der Waals surface area (Å²) in [6.45, 7) is 6.89. The van der Waals surface area contributed by atoms with Crippen molar-refractivity contribution in [2.24, 2.45) is 5.92 Å². The monoisotopic (exact) mass is 232 g/mol. The van der Waals surface area contributed by atoms with Gasteiger partial charge in [-0.2, -0.15) is 5.26 Å². The zero-order valence-electron chi connectivity index (χ0n) is 9.73. The Bertz CT molecular complexity index is 302. The lowest BCUT2D eigenvalue weighted by Gasteiger charge is -2.23. The summed E-state index contributed by atoms with van der Waals surface area (Å²) in [4.78, 5) is 0. The molecule has 0 radical (unpaired) electrons. The van der Waals surface area contributed by atoms with Crippen LogP contribution in [0.15, 0.2) is 0 Å². The topological polar surface area (TPSA) is 61.2 Å². The van der Waals surface area contributed by atoms with Crippen molar-refractivity contribution in [2.45, 2.75) is 33.6 Å². The molecular weight excluding hydrogens is 212 g/mol. The van der Waals surface area contributed by atoms with Gasteiger partial charge in [-0.25, -0.2) is 12.7 Å². The molecule has 0 bridgehead atoms. The van der Waals surface area contributed by atoms with Gasteiger partial charge in [-0.15, -0.1) is 0 Å². The highest BCUT2D eigenvalue weighted by molar-refractivity contribution is 7.89. The van der Waals surface area contributed by atoms with E-state index in [0.29, 0.717) is 19.0 Å². The highest BCUT2D eigenvalue weighted by atomic mass is 32.2. The minimum atomic E-state index is -3.37. The second-order valence-electron chi connectivity index (χ2n) is 3.55. The third-order valence-corrected chi connectivity index (χ3v) is 4.30. The molecule has 0 saturated carbocycles. The molecule has 15 heavy (non-hydrogen) atoms. The zero-order valence-corrected chi connectivity index (χ0v) is 10.5. The lowest BCUT2D eigenvalue weighted by Crippen LogP contribution is -2.36. The smallest absolute Gasteiger partial charge is 0.211 e. The van der Waals surface area contributed by atoms with Crippen LogP contribution in [0.2, 0.25) is 0 Å². The molecule has 0 fully saturated rings. The fraction of sp³-hybridized carbons (Fsp3) is 0.900. The molecule has 0 atom stereocenters. The van der Waals surface area contributed by atoms with Crippen LogP contribution in [0.3, 0.4) is 0 Å². The summed E-state index contributed by atoms with van der Waals surface area (Å²) in [6, 6.07) is 1.70. The minimum Gasteiger partial charge on any atom is -0.211 e. The molecule has 0 aliphatic heterocycles. The summed E-state index contributed by atoms with van der Waals surface area (Å²) in [5, 5.41) is 8.44. The van der Waals surface area contributed by atoms with Gasteiger partial charge in [0.05, 0.1) is 6.07 Å². The first kappa shape index (κ1) is 14.4. The van der Waals surface area contributed by atoms with Gasteiger partial charge in [0.1, 0.15) is 0 Å². The molecule has 0 amide bonds. The third-order valence-electron chi connectivity index (χ3n) is 2.61. The van der Waals surface area contributed by atoms with Crippen LogP contribution < -0.4 is 0 Å². The SMILES string of the molecule is CCC(CC)CN(CC)S(=O)(=O)CC#N. The third kappa shape index (κ3) is 4.63. The Morgan fingerprint density at radius 3 is 2.13 bits per heavy atom. The first-order chi connectivity index (χ1) is 7.01. The lowest BCUT2D eigenvalue weighted by atomic mass is 10.0. The van der Waals surface area contributed by atoms with Crippen LogP contribution in [0.1, 0.15) is 33.6 Å². The molecule has 0 aliphatic rings. The van der Waals surface area contributed by atoms with Crippen LogP contribution in [0.4, 0.5) is 0 Å². The van der Waals surface area contributed by atoms with E-state index >= 15 is 0 Å². The Morgan fingerprint density at radius 2 is 1.80 bits per heavy atom. The van der Waals surface area contributed by atoms with E-state index in [-0.39, 0.29) is 0 Å². The minimum absolute atomic E-state index is 0.387.